The summed E-state index contributed by atoms with van der Waals surface area (Å²) >= 11 is 0. The summed E-state index contributed by atoms with van der Waals surface area (Å²) in [5.41, 5.74) is 8.82. The molecule has 6 heteroatoms. The van der Waals surface area contributed by atoms with E-state index in [4.69, 9.17) is 0 Å². The minimum Gasteiger partial charge on any atom is -0.508 e. The highest BCUT2D eigenvalue weighted by molar-refractivity contribution is 5.53. The number of phenolic OH excluding ortho intramolecular Hbond substituents is 6. The fourth-order valence-electron chi connectivity index (χ4n) is 6.21. The van der Waals surface area contributed by atoms with Gasteiger partial charge in [0.2, 0.25) is 0 Å². The van der Waals surface area contributed by atoms with Crippen LogP contribution in [0.5, 0.6) is 34.5 Å². The average Bonchev–Trinajstić information content (AvgIpc) is 3.07. The molecule has 0 aliphatic heterocycles. The summed E-state index contributed by atoms with van der Waals surface area (Å²) in [6.07, 6.45) is 0.904. The first-order chi connectivity index (χ1) is 23.3. The van der Waals surface area contributed by atoms with Crippen LogP contribution >= 0.6 is 0 Å². The summed E-state index contributed by atoms with van der Waals surface area (Å²) in [5.74, 6) is 1.33. The summed E-state index contributed by atoms with van der Waals surface area (Å²) in [7, 11) is 0. The predicted octanol–water partition coefficient (Wildman–Crippen LogP) is 9.07. The first-order valence-electron chi connectivity index (χ1n) is 16.1. The Bertz CT molecular complexity index is 1860. The lowest BCUT2D eigenvalue weighted by Crippen LogP contribution is -2.25. The molecule has 250 valence electrons. The Balaban J connectivity index is 0.000000192. The number of aromatic hydroxyl groups is 6. The molecule has 6 rings (SSSR count). The molecule has 6 nitrogen and oxygen atoms in total. The molecule has 0 radical (unpaired) electrons. The van der Waals surface area contributed by atoms with Crippen LogP contribution in [0.4, 0.5) is 0 Å². The van der Waals surface area contributed by atoms with Gasteiger partial charge in [0, 0.05) is 18.3 Å². The fourth-order valence-corrected chi connectivity index (χ4v) is 6.21. The van der Waals surface area contributed by atoms with Crippen LogP contribution < -0.4 is 0 Å². The van der Waals surface area contributed by atoms with Gasteiger partial charge in [-0.2, -0.15) is 0 Å². The Morgan fingerprint density at radius 1 is 0.388 bits per heavy atom. The Morgan fingerprint density at radius 3 is 1.02 bits per heavy atom. The average molecular weight is 655 g/mol. The van der Waals surface area contributed by atoms with Crippen LogP contribution in [-0.4, -0.2) is 30.6 Å². The summed E-state index contributed by atoms with van der Waals surface area (Å²) in [6.45, 7) is 8.02. The molecule has 0 heterocycles. The van der Waals surface area contributed by atoms with Crippen LogP contribution in [0.25, 0.3) is 0 Å². The normalized spacial score (nSPS) is 11.1. The van der Waals surface area contributed by atoms with Crippen molar-refractivity contribution in [1.29, 1.82) is 0 Å². The van der Waals surface area contributed by atoms with Crippen molar-refractivity contribution in [2.75, 3.05) is 0 Å². The first kappa shape index (κ1) is 34.5. The molecule has 0 aliphatic rings. The number of aryl methyl sites for hydroxylation is 3. The van der Waals surface area contributed by atoms with E-state index in [0.29, 0.717) is 12.8 Å². The summed E-state index contributed by atoms with van der Waals surface area (Å²) < 4.78 is 0. The predicted molar refractivity (Wildman–Crippen MR) is 194 cm³/mol. The maximum absolute atomic E-state index is 10.8. The van der Waals surface area contributed by atoms with E-state index < -0.39 is 5.41 Å². The van der Waals surface area contributed by atoms with Crippen molar-refractivity contribution in [2.45, 2.75) is 46.0 Å². The zero-order chi connectivity index (χ0) is 35.3. The quantitative estimate of drug-likeness (QED) is 0.0956. The molecule has 0 aromatic heterocycles. The summed E-state index contributed by atoms with van der Waals surface area (Å²) in [5, 5.41) is 59.7. The van der Waals surface area contributed by atoms with E-state index in [0.717, 1.165) is 55.6 Å². The van der Waals surface area contributed by atoms with E-state index in [2.05, 4.69) is 6.92 Å². The van der Waals surface area contributed by atoms with Gasteiger partial charge in [0.05, 0.1) is 0 Å². The van der Waals surface area contributed by atoms with Gasteiger partial charge in [-0.15, -0.1) is 0 Å². The third-order valence-electron chi connectivity index (χ3n) is 8.98. The van der Waals surface area contributed by atoms with Crippen molar-refractivity contribution >= 4 is 0 Å². The highest BCUT2D eigenvalue weighted by Crippen LogP contribution is 2.40. The second kappa shape index (κ2) is 14.5. The van der Waals surface area contributed by atoms with Gasteiger partial charge < -0.3 is 30.6 Å². The van der Waals surface area contributed by atoms with Crippen LogP contribution in [-0.2, 0) is 18.3 Å². The first-order valence-corrected chi connectivity index (χ1v) is 16.1. The van der Waals surface area contributed by atoms with Gasteiger partial charge in [-0.25, -0.2) is 0 Å². The number of hydrogen-bond donors (Lipinski definition) is 6. The van der Waals surface area contributed by atoms with E-state index in [1.54, 1.807) is 48.5 Å². The van der Waals surface area contributed by atoms with E-state index in [9.17, 15) is 30.6 Å². The molecule has 0 saturated carbocycles. The van der Waals surface area contributed by atoms with Gasteiger partial charge in [-0.3, -0.25) is 0 Å². The molecule has 0 amide bonds. The molecule has 0 bridgehead atoms. The molecule has 49 heavy (non-hydrogen) atoms. The minimum absolute atomic E-state index is 0.215. The van der Waals surface area contributed by atoms with Crippen LogP contribution in [0.3, 0.4) is 0 Å². The molecule has 0 fully saturated rings. The van der Waals surface area contributed by atoms with Crippen LogP contribution in [0.15, 0.2) is 121 Å². The lowest BCUT2D eigenvalue weighted by Gasteiger charge is -2.32. The van der Waals surface area contributed by atoms with Crippen LogP contribution in [0, 0.1) is 20.8 Å². The molecule has 6 N–H and O–H groups in total. The third kappa shape index (κ3) is 7.99. The lowest BCUT2D eigenvalue weighted by molar-refractivity contribution is 0.456. The van der Waals surface area contributed by atoms with Gasteiger partial charge in [0.1, 0.15) is 34.5 Å². The molecule has 6 aromatic rings. The second-order valence-corrected chi connectivity index (χ2v) is 12.8. The maximum Gasteiger partial charge on any atom is 0.122 e. The zero-order valence-electron chi connectivity index (χ0n) is 28.1. The van der Waals surface area contributed by atoms with Crippen molar-refractivity contribution in [1.82, 2.24) is 0 Å². The highest BCUT2D eigenvalue weighted by Gasteiger charge is 2.31. The molecular formula is C43H42O6. The maximum atomic E-state index is 10.8. The molecule has 0 aliphatic carbocycles. The Morgan fingerprint density at radius 2 is 0.694 bits per heavy atom. The number of rotatable bonds is 7. The highest BCUT2D eigenvalue weighted by atomic mass is 16.3. The topological polar surface area (TPSA) is 121 Å². The smallest absolute Gasteiger partial charge is 0.122 e. The fraction of sp³-hybridized carbons (Fsp3) is 0.163. The van der Waals surface area contributed by atoms with E-state index in [1.807, 2.05) is 93.6 Å². The largest absolute Gasteiger partial charge is 0.508 e. The SMILES string of the molecule is CC(c1ccc(O)cc1)(c1ccc(O)cc1)c1ccc(O)cc1.Cc1ccc(O)c(Cc2cc(C)cc(Cc3cc(C)ccc3O)c2O)c1. The van der Waals surface area contributed by atoms with E-state index in [-0.39, 0.29) is 34.5 Å². The van der Waals surface area contributed by atoms with Crippen molar-refractivity contribution in [3.05, 3.63) is 177 Å². The molecule has 0 saturated heterocycles. The van der Waals surface area contributed by atoms with E-state index in [1.165, 1.54) is 0 Å². The van der Waals surface area contributed by atoms with Gasteiger partial charge >= 0.3 is 0 Å². The molecule has 0 spiro atoms. The summed E-state index contributed by atoms with van der Waals surface area (Å²) in [6, 6.07) is 36.1. The number of hydrogen-bond acceptors (Lipinski definition) is 6. The van der Waals surface area contributed by atoms with Crippen molar-refractivity contribution in [3.63, 3.8) is 0 Å². The van der Waals surface area contributed by atoms with Gasteiger partial charge in [0.25, 0.3) is 0 Å². The molecule has 0 unspecified atom stereocenters. The van der Waals surface area contributed by atoms with Gasteiger partial charge in [-0.05, 0) is 115 Å². The van der Waals surface area contributed by atoms with Crippen molar-refractivity contribution < 1.29 is 30.6 Å². The number of phenols is 6. The second-order valence-electron chi connectivity index (χ2n) is 12.8. The van der Waals surface area contributed by atoms with Crippen molar-refractivity contribution in [2.24, 2.45) is 0 Å². The summed E-state index contributed by atoms with van der Waals surface area (Å²) in [4.78, 5) is 0. The number of benzene rings is 6. The monoisotopic (exact) mass is 654 g/mol. The Labute approximate surface area is 287 Å². The standard InChI is InChI=1S/C23H24O3.C20H18O3/c1-14-4-6-21(24)17(8-14)12-19-10-16(3)11-20(23(19)26)13-18-9-15(2)5-7-22(18)25;1-20(14-2-8-17(21)9-3-14,15-4-10-18(22)11-5-15)16-6-12-19(23)13-7-16/h4-11,24-26H,12-13H2,1-3H3;2-13,21-23H,1H3. The van der Waals surface area contributed by atoms with Crippen molar-refractivity contribution in [3.8, 4) is 34.5 Å². The molecule has 6 aromatic carbocycles. The van der Waals surface area contributed by atoms with E-state index >= 15 is 0 Å². The van der Waals surface area contributed by atoms with Gasteiger partial charge in [0.15, 0.2) is 0 Å². The third-order valence-corrected chi connectivity index (χ3v) is 8.98. The van der Waals surface area contributed by atoms with Gasteiger partial charge in [-0.1, -0.05) is 89.5 Å². The minimum atomic E-state index is -0.477. The zero-order valence-corrected chi connectivity index (χ0v) is 28.1. The van der Waals surface area contributed by atoms with Crippen LogP contribution in [0.1, 0.15) is 62.6 Å². The molecule has 0 atom stereocenters. The van der Waals surface area contributed by atoms with Crippen LogP contribution in [0.2, 0.25) is 0 Å². The Kier molecular flexibility index (Phi) is 10.2. The lowest BCUT2D eigenvalue weighted by atomic mass is 9.71. The Hall–Kier alpha value is -5.88. The molecular weight excluding hydrogens is 612 g/mol.